The minimum Gasteiger partial charge on any atom is -0.349 e. The lowest BCUT2D eigenvalue weighted by atomic mass is 10.2. The predicted octanol–water partition coefficient (Wildman–Crippen LogP) is 3.65. The van der Waals surface area contributed by atoms with Crippen molar-refractivity contribution in [2.75, 3.05) is 16.4 Å². The van der Waals surface area contributed by atoms with Gasteiger partial charge >= 0.3 is 0 Å². The molecule has 1 aliphatic rings. The van der Waals surface area contributed by atoms with Gasteiger partial charge in [0.25, 0.3) is 5.91 Å². The van der Waals surface area contributed by atoms with Gasteiger partial charge in [0.1, 0.15) is 5.00 Å². The van der Waals surface area contributed by atoms with E-state index in [2.05, 4.69) is 16.0 Å². The van der Waals surface area contributed by atoms with Gasteiger partial charge in [-0.2, -0.15) is 0 Å². The molecule has 3 amide bonds. The fourth-order valence-corrected chi connectivity index (χ4v) is 3.87. The molecule has 3 N–H and O–H groups in total. The molecular weight excluding hydrogens is 394 g/mol. The summed E-state index contributed by atoms with van der Waals surface area (Å²) in [6, 6.07) is 9.52. The SMILES string of the molecule is Cc1ccc(NC(=O)CSC(C)C(=O)Nc2sccc2C(=O)NC2CC2)cc1. The lowest BCUT2D eigenvalue weighted by Crippen LogP contribution is -2.28. The van der Waals surface area contributed by atoms with E-state index >= 15 is 0 Å². The first-order chi connectivity index (χ1) is 13.4. The van der Waals surface area contributed by atoms with Crippen molar-refractivity contribution in [1.82, 2.24) is 5.32 Å². The number of amides is 3. The smallest absolute Gasteiger partial charge is 0.254 e. The summed E-state index contributed by atoms with van der Waals surface area (Å²) in [5, 5.41) is 10.4. The van der Waals surface area contributed by atoms with Gasteiger partial charge < -0.3 is 16.0 Å². The van der Waals surface area contributed by atoms with Crippen LogP contribution >= 0.6 is 23.1 Å². The number of thiophene rings is 1. The number of hydrogen-bond acceptors (Lipinski definition) is 5. The van der Waals surface area contributed by atoms with Crippen molar-refractivity contribution in [2.24, 2.45) is 0 Å². The van der Waals surface area contributed by atoms with Crippen LogP contribution < -0.4 is 16.0 Å². The minimum absolute atomic E-state index is 0.156. The lowest BCUT2D eigenvalue weighted by molar-refractivity contribution is -0.115. The number of rotatable bonds is 8. The Labute approximate surface area is 172 Å². The molecule has 0 spiro atoms. The molecule has 1 aliphatic carbocycles. The molecule has 0 saturated heterocycles. The second-order valence-electron chi connectivity index (χ2n) is 6.77. The van der Waals surface area contributed by atoms with Crippen LogP contribution in [-0.4, -0.2) is 34.8 Å². The van der Waals surface area contributed by atoms with Crippen molar-refractivity contribution < 1.29 is 14.4 Å². The molecule has 0 bridgehead atoms. The highest BCUT2D eigenvalue weighted by Crippen LogP contribution is 2.26. The average Bonchev–Trinajstić information content (AvgIpc) is 3.36. The third kappa shape index (κ3) is 5.84. The maximum absolute atomic E-state index is 12.4. The van der Waals surface area contributed by atoms with E-state index in [9.17, 15) is 14.4 Å². The highest BCUT2D eigenvalue weighted by molar-refractivity contribution is 8.01. The number of carbonyl (C=O) groups is 3. The molecule has 1 aromatic carbocycles. The molecule has 8 heteroatoms. The van der Waals surface area contributed by atoms with Crippen LogP contribution in [0.25, 0.3) is 0 Å². The van der Waals surface area contributed by atoms with Gasteiger partial charge in [-0.15, -0.1) is 23.1 Å². The fourth-order valence-electron chi connectivity index (χ4n) is 2.40. The van der Waals surface area contributed by atoms with Crippen LogP contribution in [0.2, 0.25) is 0 Å². The van der Waals surface area contributed by atoms with Crippen molar-refractivity contribution in [1.29, 1.82) is 0 Å². The molecule has 1 heterocycles. The minimum atomic E-state index is -0.426. The van der Waals surface area contributed by atoms with E-state index in [4.69, 9.17) is 0 Å². The number of benzene rings is 1. The number of aryl methyl sites for hydroxylation is 1. The molecule has 1 fully saturated rings. The average molecular weight is 418 g/mol. The summed E-state index contributed by atoms with van der Waals surface area (Å²) in [6.45, 7) is 3.73. The third-order valence-electron chi connectivity index (χ3n) is 4.23. The van der Waals surface area contributed by atoms with Crippen molar-refractivity contribution >= 4 is 51.5 Å². The zero-order valence-corrected chi connectivity index (χ0v) is 17.4. The molecule has 0 aliphatic heterocycles. The van der Waals surface area contributed by atoms with Gasteiger partial charge in [0, 0.05) is 11.7 Å². The molecule has 0 radical (unpaired) electrons. The van der Waals surface area contributed by atoms with E-state index in [1.165, 1.54) is 23.1 Å². The van der Waals surface area contributed by atoms with Gasteiger partial charge in [-0.3, -0.25) is 14.4 Å². The summed E-state index contributed by atoms with van der Waals surface area (Å²) in [5.74, 6) is -0.371. The number of carbonyl (C=O) groups excluding carboxylic acids is 3. The Morgan fingerprint density at radius 2 is 1.86 bits per heavy atom. The summed E-state index contributed by atoms with van der Waals surface area (Å²) in [6.07, 6.45) is 2.02. The predicted molar refractivity (Wildman–Crippen MR) is 115 cm³/mol. The lowest BCUT2D eigenvalue weighted by Gasteiger charge is -2.12. The number of hydrogen-bond donors (Lipinski definition) is 3. The van der Waals surface area contributed by atoms with Crippen LogP contribution in [0.1, 0.15) is 35.7 Å². The Hall–Kier alpha value is -2.32. The highest BCUT2D eigenvalue weighted by Gasteiger charge is 2.26. The second kappa shape index (κ2) is 9.25. The quantitative estimate of drug-likeness (QED) is 0.612. The molecule has 2 aromatic rings. The Morgan fingerprint density at radius 1 is 1.14 bits per heavy atom. The highest BCUT2D eigenvalue weighted by atomic mass is 32.2. The van der Waals surface area contributed by atoms with Crippen molar-refractivity contribution in [3.8, 4) is 0 Å². The van der Waals surface area contributed by atoms with E-state index in [-0.39, 0.29) is 29.5 Å². The fraction of sp³-hybridized carbons (Fsp3) is 0.350. The van der Waals surface area contributed by atoms with Gasteiger partial charge in [-0.25, -0.2) is 0 Å². The van der Waals surface area contributed by atoms with E-state index in [1.807, 2.05) is 31.2 Å². The summed E-state index contributed by atoms with van der Waals surface area (Å²) in [7, 11) is 0. The molecule has 1 atom stereocenters. The topological polar surface area (TPSA) is 87.3 Å². The first kappa shape index (κ1) is 20.4. The van der Waals surface area contributed by atoms with Crippen molar-refractivity contribution in [2.45, 2.75) is 38.0 Å². The first-order valence-electron chi connectivity index (χ1n) is 9.09. The van der Waals surface area contributed by atoms with Crippen LogP contribution in [0.4, 0.5) is 10.7 Å². The van der Waals surface area contributed by atoms with E-state index in [0.29, 0.717) is 10.6 Å². The van der Waals surface area contributed by atoms with Crippen LogP contribution in [0.15, 0.2) is 35.7 Å². The maximum Gasteiger partial charge on any atom is 0.254 e. The third-order valence-corrected chi connectivity index (χ3v) is 6.20. The van der Waals surface area contributed by atoms with Gasteiger partial charge in [-0.05, 0) is 50.3 Å². The Kier molecular flexibility index (Phi) is 6.74. The number of nitrogens with one attached hydrogen (secondary N) is 3. The van der Waals surface area contributed by atoms with Crippen molar-refractivity contribution in [3.63, 3.8) is 0 Å². The van der Waals surface area contributed by atoms with Crippen LogP contribution in [0, 0.1) is 6.92 Å². The summed E-state index contributed by atoms with van der Waals surface area (Å²) in [5.41, 5.74) is 2.34. The van der Waals surface area contributed by atoms with Crippen LogP contribution in [-0.2, 0) is 9.59 Å². The van der Waals surface area contributed by atoms with Gasteiger partial charge in [0.2, 0.25) is 11.8 Å². The molecule has 3 rings (SSSR count). The number of thioether (sulfide) groups is 1. The van der Waals surface area contributed by atoms with Crippen LogP contribution in [0.5, 0.6) is 0 Å². The summed E-state index contributed by atoms with van der Waals surface area (Å²) >= 11 is 2.57. The molecule has 6 nitrogen and oxygen atoms in total. The number of anilines is 2. The zero-order valence-electron chi connectivity index (χ0n) is 15.8. The maximum atomic E-state index is 12.4. The van der Waals surface area contributed by atoms with Gasteiger partial charge in [0.05, 0.1) is 16.6 Å². The van der Waals surface area contributed by atoms with E-state index < -0.39 is 5.25 Å². The normalized spacial score (nSPS) is 14.2. The molecule has 1 aromatic heterocycles. The summed E-state index contributed by atoms with van der Waals surface area (Å²) in [4.78, 5) is 36.7. The Balaban J connectivity index is 1.47. The van der Waals surface area contributed by atoms with E-state index in [1.54, 1.807) is 18.4 Å². The van der Waals surface area contributed by atoms with Gasteiger partial charge in [0.15, 0.2) is 0 Å². The largest absolute Gasteiger partial charge is 0.349 e. The first-order valence-corrected chi connectivity index (χ1v) is 11.0. The Bertz CT molecular complexity index is 860. The van der Waals surface area contributed by atoms with Crippen molar-refractivity contribution in [3.05, 3.63) is 46.8 Å². The molecular formula is C20H23N3O3S2. The van der Waals surface area contributed by atoms with Crippen LogP contribution in [0.3, 0.4) is 0 Å². The zero-order chi connectivity index (χ0) is 20.1. The van der Waals surface area contributed by atoms with Gasteiger partial charge in [-0.1, -0.05) is 17.7 Å². The molecule has 1 saturated carbocycles. The van der Waals surface area contributed by atoms with E-state index in [0.717, 1.165) is 24.1 Å². The standard InChI is InChI=1S/C20H23N3O3S2/c1-12-3-5-14(6-4-12)21-17(24)11-28-13(2)18(25)23-20-16(9-10-27-20)19(26)22-15-7-8-15/h3-6,9-10,13,15H,7-8,11H2,1-2H3,(H,21,24)(H,22,26)(H,23,25). The molecule has 28 heavy (non-hydrogen) atoms. The summed E-state index contributed by atoms with van der Waals surface area (Å²) < 4.78 is 0. The Morgan fingerprint density at radius 3 is 2.54 bits per heavy atom. The molecule has 148 valence electrons. The monoisotopic (exact) mass is 417 g/mol. The second-order valence-corrected chi connectivity index (χ2v) is 9.01. The molecule has 1 unspecified atom stereocenters.